The van der Waals surface area contributed by atoms with Gasteiger partial charge >= 0.3 is 0 Å². The maximum Gasteiger partial charge on any atom is 0.256 e. The van der Waals surface area contributed by atoms with Gasteiger partial charge in [-0.15, -0.1) is 0 Å². The van der Waals surface area contributed by atoms with Crippen LogP contribution in [0.2, 0.25) is 5.02 Å². The maximum atomic E-state index is 14.3. The van der Waals surface area contributed by atoms with Crippen LogP contribution in [0.1, 0.15) is 38.0 Å². The molecule has 0 aromatic heterocycles. The number of carbonyl (C=O) groups excluding carboxylic acids is 2. The van der Waals surface area contributed by atoms with Gasteiger partial charge in [-0.05, 0) is 48.0 Å². The molecule has 0 unspecified atom stereocenters. The van der Waals surface area contributed by atoms with Gasteiger partial charge < -0.3 is 20.1 Å². The number of methoxy groups -OCH3 is 1. The van der Waals surface area contributed by atoms with Gasteiger partial charge in [0.05, 0.1) is 18.2 Å². The van der Waals surface area contributed by atoms with Crippen LogP contribution in [-0.4, -0.2) is 18.9 Å². The summed E-state index contributed by atoms with van der Waals surface area (Å²) in [6.45, 7) is 0.173. The summed E-state index contributed by atoms with van der Waals surface area (Å²) in [5.74, 6) is -2.33. The van der Waals surface area contributed by atoms with Crippen molar-refractivity contribution in [1.82, 2.24) is 10.6 Å². The summed E-state index contributed by atoms with van der Waals surface area (Å²) in [4.78, 5) is 25.8. The fourth-order valence-corrected chi connectivity index (χ4v) is 3.86. The Morgan fingerprint density at radius 2 is 1.34 bits per heavy atom. The van der Waals surface area contributed by atoms with E-state index >= 15 is 0 Å². The molecule has 0 spiro atoms. The molecule has 4 rings (SSSR count). The number of amides is 2. The zero-order chi connectivity index (χ0) is 27.1. The highest BCUT2D eigenvalue weighted by molar-refractivity contribution is 6.31. The lowest BCUT2D eigenvalue weighted by Gasteiger charge is -2.22. The molecule has 4 aromatic carbocycles. The molecule has 2 N–H and O–H groups in total. The molecule has 2 amide bonds. The van der Waals surface area contributed by atoms with Crippen LogP contribution in [0.3, 0.4) is 0 Å². The second-order valence-electron chi connectivity index (χ2n) is 8.13. The van der Waals surface area contributed by atoms with E-state index in [9.17, 15) is 18.4 Å². The molecule has 38 heavy (non-hydrogen) atoms. The smallest absolute Gasteiger partial charge is 0.256 e. The normalized spacial score (nSPS) is 10.7. The fourth-order valence-electron chi connectivity index (χ4n) is 3.67. The van der Waals surface area contributed by atoms with Crippen molar-refractivity contribution in [3.63, 3.8) is 0 Å². The summed E-state index contributed by atoms with van der Waals surface area (Å²) in [6, 6.07) is 22.8. The van der Waals surface area contributed by atoms with E-state index in [0.29, 0.717) is 22.1 Å². The molecule has 0 saturated carbocycles. The minimum absolute atomic E-state index is 0.173. The van der Waals surface area contributed by atoms with E-state index in [0.717, 1.165) is 17.7 Å². The highest BCUT2D eigenvalue weighted by Gasteiger charge is 2.23. The lowest BCUT2D eigenvalue weighted by atomic mass is 10.1. The monoisotopic (exact) mass is 536 g/mol. The molecule has 0 aliphatic carbocycles. The fraction of sp³-hybridized carbons (Fsp3) is 0.103. The van der Waals surface area contributed by atoms with E-state index in [1.807, 2.05) is 18.2 Å². The average Bonchev–Trinajstić information content (AvgIpc) is 2.92. The summed E-state index contributed by atoms with van der Waals surface area (Å²) in [5.41, 5.74) is 0.711. The first kappa shape index (κ1) is 26.6. The minimum Gasteiger partial charge on any atom is -0.493 e. The summed E-state index contributed by atoms with van der Waals surface area (Å²) in [7, 11) is 1.44. The van der Waals surface area contributed by atoms with Crippen LogP contribution in [0.4, 0.5) is 8.78 Å². The van der Waals surface area contributed by atoms with Crippen LogP contribution in [0, 0.1) is 11.6 Å². The van der Waals surface area contributed by atoms with E-state index in [1.165, 1.54) is 43.5 Å². The van der Waals surface area contributed by atoms with Gasteiger partial charge in [-0.3, -0.25) is 9.59 Å². The van der Waals surface area contributed by atoms with Gasteiger partial charge in [0.2, 0.25) is 0 Å². The first-order valence-corrected chi connectivity index (χ1v) is 11.9. The highest BCUT2D eigenvalue weighted by atomic mass is 35.5. The largest absolute Gasteiger partial charge is 0.493 e. The summed E-state index contributed by atoms with van der Waals surface area (Å²) >= 11 is 6.21. The van der Waals surface area contributed by atoms with E-state index in [1.54, 1.807) is 24.3 Å². The van der Waals surface area contributed by atoms with Crippen molar-refractivity contribution in [3.8, 4) is 11.5 Å². The van der Waals surface area contributed by atoms with Crippen molar-refractivity contribution in [2.45, 2.75) is 12.8 Å². The number of carbonyl (C=O) groups is 2. The van der Waals surface area contributed by atoms with Gasteiger partial charge in [-0.25, -0.2) is 8.78 Å². The molecule has 0 radical (unpaired) electrons. The number of rotatable bonds is 9. The highest BCUT2D eigenvalue weighted by Crippen LogP contribution is 2.31. The Balaban J connectivity index is 1.62. The summed E-state index contributed by atoms with van der Waals surface area (Å²) in [6.07, 6.45) is -1.17. The van der Waals surface area contributed by atoms with Crippen molar-refractivity contribution < 1.29 is 27.8 Å². The zero-order valence-electron chi connectivity index (χ0n) is 20.2. The van der Waals surface area contributed by atoms with Crippen molar-refractivity contribution in [2.24, 2.45) is 0 Å². The molecular weight excluding hydrogens is 514 g/mol. The quantitative estimate of drug-likeness (QED) is 0.255. The van der Waals surface area contributed by atoms with Crippen LogP contribution in [0.15, 0.2) is 91.0 Å². The third-order valence-corrected chi connectivity index (χ3v) is 6.02. The van der Waals surface area contributed by atoms with Crippen molar-refractivity contribution in [3.05, 3.63) is 130 Å². The first-order valence-electron chi connectivity index (χ1n) is 11.5. The van der Waals surface area contributed by atoms with Gasteiger partial charge in [-0.2, -0.15) is 0 Å². The Morgan fingerprint density at radius 1 is 0.789 bits per heavy atom. The van der Waals surface area contributed by atoms with E-state index in [-0.39, 0.29) is 17.7 Å². The van der Waals surface area contributed by atoms with Crippen LogP contribution in [-0.2, 0) is 6.61 Å². The predicted octanol–water partition coefficient (Wildman–Crippen LogP) is 6.06. The van der Waals surface area contributed by atoms with Crippen LogP contribution >= 0.6 is 11.6 Å². The molecule has 194 valence electrons. The second kappa shape index (κ2) is 12.2. The number of ether oxygens (including phenoxy) is 2. The molecule has 0 fully saturated rings. The SMILES string of the molecule is COc1cc(C(NC(=O)c2ccccc2F)NC(=O)c2ccccc2F)ccc1OCc1ccccc1Cl. The molecule has 0 aliphatic rings. The van der Waals surface area contributed by atoms with E-state index in [2.05, 4.69) is 10.6 Å². The second-order valence-corrected chi connectivity index (χ2v) is 8.54. The Hall–Kier alpha value is -4.43. The topological polar surface area (TPSA) is 76.7 Å². The Labute approximate surface area is 223 Å². The van der Waals surface area contributed by atoms with Gasteiger partial charge in [0.25, 0.3) is 11.8 Å². The summed E-state index contributed by atoms with van der Waals surface area (Å²) < 4.78 is 39.9. The Morgan fingerprint density at radius 3 is 1.89 bits per heavy atom. The van der Waals surface area contributed by atoms with Gasteiger partial charge in [0.1, 0.15) is 24.4 Å². The number of nitrogens with one attached hydrogen (secondary N) is 2. The lowest BCUT2D eigenvalue weighted by Crippen LogP contribution is -2.41. The Kier molecular flexibility index (Phi) is 8.55. The Bertz CT molecular complexity index is 1400. The van der Waals surface area contributed by atoms with Crippen LogP contribution in [0.5, 0.6) is 11.5 Å². The number of benzene rings is 4. The van der Waals surface area contributed by atoms with Crippen molar-refractivity contribution in [1.29, 1.82) is 0 Å². The van der Waals surface area contributed by atoms with E-state index < -0.39 is 29.6 Å². The molecular formula is C29H23ClF2N2O4. The van der Waals surface area contributed by atoms with E-state index in [4.69, 9.17) is 21.1 Å². The average molecular weight is 537 g/mol. The maximum absolute atomic E-state index is 14.3. The third-order valence-electron chi connectivity index (χ3n) is 5.65. The third kappa shape index (κ3) is 6.27. The molecule has 4 aromatic rings. The molecule has 0 atom stereocenters. The standard InChI is InChI=1S/C29H23ClF2N2O4/c1-37-26-16-18(14-15-25(26)38-17-19-8-2-5-11-22(19)30)27(33-28(35)20-9-3-6-12-23(20)31)34-29(36)21-10-4-7-13-24(21)32/h2-16,27H,17H2,1H3,(H,33,35)(H,34,36). The number of hydrogen-bond acceptors (Lipinski definition) is 4. The zero-order valence-corrected chi connectivity index (χ0v) is 21.0. The van der Waals surface area contributed by atoms with Crippen LogP contribution < -0.4 is 20.1 Å². The molecule has 0 aliphatic heterocycles. The lowest BCUT2D eigenvalue weighted by molar-refractivity contribution is 0.0879. The molecule has 0 bridgehead atoms. The predicted molar refractivity (Wildman–Crippen MR) is 139 cm³/mol. The number of hydrogen-bond donors (Lipinski definition) is 2. The molecule has 9 heteroatoms. The van der Waals surface area contributed by atoms with Crippen molar-refractivity contribution >= 4 is 23.4 Å². The van der Waals surface area contributed by atoms with Crippen molar-refractivity contribution in [2.75, 3.05) is 7.11 Å². The number of halogens is 3. The molecule has 0 heterocycles. The van der Waals surface area contributed by atoms with Gasteiger partial charge in [0, 0.05) is 10.6 Å². The molecule has 6 nitrogen and oxygen atoms in total. The van der Waals surface area contributed by atoms with Gasteiger partial charge in [0.15, 0.2) is 11.5 Å². The first-order chi connectivity index (χ1) is 18.4. The summed E-state index contributed by atoms with van der Waals surface area (Å²) in [5, 5.41) is 5.75. The van der Waals surface area contributed by atoms with Gasteiger partial charge in [-0.1, -0.05) is 60.1 Å². The molecule has 0 saturated heterocycles. The van der Waals surface area contributed by atoms with Crippen LogP contribution in [0.25, 0.3) is 0 Å². The minimum atomic E-state index is -1.17.